The lowest BCUT2D eigenvalue weighted by Crippen LogP contribution is -2.72. The largest absolute Gasteiger partial charge is 0.505 e. The lowest BCUT2D eigenvalue weighted by Gasteiger charge is -2.52. The predicted octanol–water partition coefficient (Wildman–Crippen LogP) is 2.17. The number of ketones is 4. The van der Waals surface area contributed by atoms with Crippen LogP contribution in [0.25, 0.3) is 0 Å². The maximum atomic E-state index is 13.8. The molecule has 2 fully saturated rings. The Hall–Kier alpha value is -4.34. The Morgan fingerprint density at radius 1 is 1.05 bits per heavy atom. The third-order valence-electron chi connectivity index (χ3n) is 8.64. The van der Waals surface area contributed by atoms with Gasteiger partial charge in [0.2, 0.25) is 5.91 Å². The summed E-state index contributed by atoms with van der Waals surface area (Å²) in [6.45, 7) is 1.49. The van der Waals surface area contributed by atoms with Gasteiger partial charge < -0.3 is 31.7 Å². The molecule has 2 aromatic carbocycles. The number of halogens is 4. The first kappa shape index (κ1) is 31.1. The molecule has 7 N–H and O–H groups in total. The molecule has 0 aromatic heterocycles. The zero-order valence-corrected chi connectivity index (χ0v) is 23.2. The number of amides is 3. The molecule has 0 heterocycles. The summed E-state index contributed by atoms with van der Waals surface area (Å²) in [6, 6.07) is 3.78. The molecule has 16 heteroatoms. The maximum Gasteiger partial charge on any atom is 0.418 e. The molecule has 0 aliphatic heterocycles. The first-order chi connectivity index (χ1) is 20.4. The smallest absolute Gasteiger partial charge is 0.418 e. The van der Waals surface area contributed by atoms with E-state index in [9.17, 15) is 57.3 Å². The average Bonchev–Trinajstić information content (AvgIpc) is 2.92. The Balaban J connectivity index is 1.50. The molecule has 12 nitrogen and oxygen atoms in total. The van der Waals surface area contributed by atoms with Gasteiger partial charge in [0.1, 0.15) is 5.75 Å². The molecule has 7 atom stereocenters. The van der Waals surface area contributed by atoms with E-state index in [1.807, 2.05) is 5.32 Å². The topological polar surface area (TPSA) is 213 Å². The van der Waals surface area contributed by atoms with Gasteiger partial charge in [-0.2, -0.15) is 13.2 Å². The van der Waals surface area contributed by atoms with Crippen molar-refractivity contribution in [2.45, 2.75) is 37.1 Å². The van der Waals surface area contributed by atoms with Gasteiger partial charge in [0, 0.05) is 23.3 Å². The molecule has 0 bridgehead atoms. The number of carbonyl (C=O) groups excluding carboxylic acids is 6. The van der Waals surface area contributed by atoms with Crippen molar-refractivity contribution in [2.75, 3.05) is 10.6 Å². The number of anilines is 2. The highest BCUT2D eigenvalue weighted by molar-refractivity contribution is 6.32. The molecule has 2 unspecified atom stereocenters. The Morgan fingerprint density at radius 2 is 1.66 bits per heavy atom. The summed E-state index contributed by atoms with van der Waals surface area (Å²) in [5, 5.41) is 37.5. The molecule has 3 aliphatic carbocycles. The minimum Gasteiger partial charge on any atom is -0.505 e. The number of hydrogen-bond acceptors (Lipinski definition) is 9. The summed E-state index contributed by atoms with van der Waals surface area (Å²) in [6.07, 6.45) is -7.39. The molecule has 3 amide bonds. The monoisotopic (exact) mass is 637 g/mol. The van der Waals surface area contributed by atoms with Crippen molar-refractivity contribution in [1.82, 2.24) is 0 Å². The summed E-state index contributed by atoms with van der Waals surface area (Å²) in [5.41, 5.74) is -0.733. The third kappa shape index (κ3) is 4.53. The zero-order valence-electron chi connectivity index (χ0n) is 22.4. The van der Waals surface area contributed by atoms with Crippen LogP contribution in [0.2, 0.25) is 5.02 Å². The minimum atomic E-state index is -4.88. The number of fused-ring (bicyclic) bond motifs is 3. The lowest BCUT2D eigenvalue weighted by atomic mass is 9.50. The fraction of sp³-hybridized carbons (Fsp3) is 0.357. The number of alkyl halides is 3. The van der Waals surface area contributed by atoms with Crippen molar-refractivity contribution in [3.8, 4) is 5.75 Å². The first-order valence-electron chi connectivity index (χ1n) is 13.1. The van der Waals surface area contributed by atoms with Gasteiger partial charge in [0.15, 0.2) is 34.7 Å². The van der Waals surface area contributed by atoms with Crippen LogP contribution in [0.1, 0.15) is 40.7 Å². The van der Waals surface area contributed by atoms with Crippen molar-refractivity contribution in [3.05, 3.63) is 52.0 Å². The van der Waals surface area contributed by atoms with Gasteiger partial charge in [-0.3, -0.25) is 24.0 Å². The molecule has 2 saturated carbocycles. The first-order valence-corrected chi connectivity index (χ1v) is 13.4. The standard InChI is InChI=1S/C28H23ClF3N3O9/c1-8-10-3-5-14(35-26(43)34-13-4-2-9(29)6-11(13)28(30,31)32)21(38)17(10)22(39)19-16(8)20(37)12-7-15(36)18(25(33)42)23(40)27(12,44)24(19)41/h2-6,8,12,16,18-20,37-38,44H,7H2,1H3,(H2,33,42)(H2,34,35,43)/t8-,12+,16+,18?,19?,20+,27+/m0/s1. The summed E-state index contributed by atoms with van der Waals surface area (Å²) in [7, 11) is 0. The number of aliphatic hydroxyl groups is 2. The summed E-state index contributed by atoms with van der Waals surface area (Å²) in [4.78, 5) is 77.5. The van der Waals surface area contributed by atoms with Crippen molar-refractivity contribution >= 4 is 58.0 Å². The summed E-state index contributed by atoms with van der Waals surface area (Å²) >= 11 is 5.65. The molecule has 5 rings (SSSR count). The fourth-order valence-electron chi connectivity index (χ4n) is 6.59. The minimum absolute atomic E-state index is 0.109. The van der Waals surface area contributed by atoms with Gasteiger partial charge in [-0.1, -0.05) is 24.6 Å². The Kier molecular flexibility index (Phi) is 7.34. The Labute approximate surface area is 250 Å². The van der Waals surface area contributed by atoms with Gasteiger partial charge >= 0.3 is 12.2 Å². The van der Waals surface area contributed by atoms with Crippen LogP contribution >= 0.6 is 11.6 Å². The number of nitrogens with two attached hydrogens (primary N) is 1. The maximum absolute atomic E-state index is 13.8. The van der Waals surface area contributed by atoms with E-state index >= 15 is 0 Å². The summed E-state index contributed by atoms with van der Waals surface area (Å²) in [5.74, 6) is -15.3. The van der Waals surface area contributed by atoms with Crippen LogP contribution in [-0.2, 0) is 25.4 Å². The highest BCUT2D eigenvalue weighted by Crippen LogP contribution is 2.54. The second-order valence-corrected chi connectivity index (χ2v) is 11.4. The highest BCUT2D eigenvalue weighted by atomic mass is 35.5. The molecule has 0 spiro atoms. The Morgan fingerprint density at radius 3 is 2.27 bits per heavy atom. The number of Topliss-reactive ketones (excluding diaryl/α,β-unsaturated/α-hetero) is 4. The highest BCUT2D eigenvalue weighted by Gasteiger charge is 2.69. The number of aliphatic hydroxyl groups excluding tert-OH is 1. The fourth-order valence-corrected chi connectivity index (χ4v) is 6.76. The number of benzene rings is 2. The van der Waals surface area contributed by atoms with E-state index in [2.05, 4.69) is 5.32 Å². The van der Waals surface area contributed by atoms with Gasteiger partial charge in [-0.25, -0.2) is 4.79 Å². The number of rotatable bonds is 3. The van der Waals surface area contributed by atoms with Crippen molar-refractivity contribution < 1.29 is 57.3 Å². The average molecular weight is 638 g/mol. The van der Waals surface area contributed by atoms with E-state index in [0.29, 0.717) is 6.07 Å². The van der Waals surface area contributed by atoms with Crippen LogP contribution in [0.4, 0.5) is 29.3 Å². The van der Waals surface area contributed by atoms with E-state index in [-0.39, 0.29) is 10.6 Å². The molecular formula is C28H23ClF3N3O9. The van der Waals surface area contributed by atoms with Gasteiger partial charge in [-0.05, 0) is 35.7 Å². The lowest BCUT2D eigenvalue weighted by molar-refractivity contribution is -0.189. The normalized spacial score (nSPS) is 29.8. The van der Waals surface area contributed by atoms with Crippen molar-refractivity contribution in [3.63, 3.8) is 0 Å². The van der Waals surface area contributed by atoms with Gasteiger partial charge in [-0.15, -0.1) is 0 Å². The predicted molar refractivity (Wildman–Crippen MR) is 144 cm³/mol. The molecule has 44 heavy (non-hydrogen) atoms. The number of urea groups is 1. The quantitative estimate of drug-likeness (QED) is 0.215. The molecule has 2 aromatic rings. The van der Waals surface area contributed by atoms with Crippen LogP contribution in [0, 0.1) is 23.7 Å². The Bertz CT molecular complexity index is 1680. The van der Waals surface area contributed by atoms with E-state index < -0.39 is 117 Å². The molecule has 0 saturated heterocycles. The van der Waals surface area contributed by atoms with Crippen molar-refractivity contribution in [2.24, 2.45) is 29.4 Å². The van der Waals surface area contributed by atoms with Crippen LogP contribution in [0.15, 0.2) is 30.3 Å². The molecular weight excluding hydrogens is 615 g/mol. The van der Waals surface area contributed by atoms with Crippen LogP contribution < -0.4 is 16.4 Å². The number of aromatic hydroxyl groups is 1. The van der Waals surface area contributed by atoms with Gasteiger partial charge in [0.25, 0.3) is 0 Å². The number of carbonyl (C=O) groups is 6. The second kappa shape index (κ2) is 10.4. The van der Waals surface area contributed by atoms with Crippen LogP contribution in [-0.4, -0.2) is 62.1 Å². The van der Waals surface area contributed by atoms with Crippen molar-refractivity contribution in [1.29, 1.82) is 0 Å². The van der Waals surface area contributed by atoms with E-state index in [1.165, 1.54) is 13.0 Å². The number of primary amides is 1. The zero-order chi connectivity index (χ0) is 32.6. The van der Waals surface area contributed by atoms with E-state index in [4.69, 9.17) is 17.3 Å². The molecule has 232 valence electrons. The second-order valence-electron chi connectivity index (χ2n) is 11.0. The summed E-state index contributed by atoms with van der Waals surface area (Å²) < 4.78 is 40.3. The number of nitrogens with one attached hydrogen (secondary N) is 2. The van der Waals surface area contributed by atoms with E-state index in [0.717, 1.165) is 18.2 Å². The number of phenolic OH excluding ortho intramolecular Hbond substituents is 1. The number of hydrogen-bond donors (Lipinski definition) is 6. The third-order valence-corrected chi connectivity index (χ3v) is 8.88. The molecule has 0 radical (unpaired) electrons. The van der Waals surface area contributed by atoms with Crippen LogP contribution in [0.3, 0.4) is 0 Å². The number of phenols is 1. The SMILES string of the molecule is C[C@H]1c2ccc(NC(=O)Nc3ccc(Cl)cc3C(F)(F)F)c(O)c2C(=O)C2C(=O)[C@]3(O)C(=O)C(C(N)=O)C(=O)C[C@@H]3[C@@H](O)[C@@H]21. The van der Waals surface area contributed by atoms with Crippen LogP contribution in [0.5, 0.6) is 5.75 Å². The van der Waals surface area contributed by atoms with E-state index in [1.54, 1.807) is 0 Å². The van der Waals surface area contributed by atoms with Gasteiger partial charge in [0.05, 0.1) is 34.5 Å². The molecule has 3 aliphatic rings.